The summed E-state index contributed by atoms with van der Waals surface area (Å²) in [5.74, 6) is 0.588. The Morgan fingerprint density at radius 3 is 2.24 bits per heavy atom. The molecule has 0 unspecified atom stereocenters. The Morgan fingerprint density at radius 2 is 1.52 bits per heavy atom. The Kier molecular flexibility index (Phi) is 3.10. The molecule has 0 fully saturated rings. The molecule has 0 atom stereocenters. The van der Waals surface area contributed by atoms with Crippen LogP contribution in [0.2, 0.25) is 0 Å². The standard InChI is InChI=1S/C16H14N2O3/c1-9-3-5-11(6-4-9)15-17-18-16(21-15)12-8-13(19)10(2)7-14(12)20/h3-8,19-20H,1-2H3. The highest BCUT2D eigenvalue weighted by molar-refractivity contribution is 5.67. The van der Waals surface area contributed by atoms with E-state index in [1.807, 2.05) is 31.2 Å². The van der Waals surface area contributed by atoms with Crippen LogP contribution in [-0.4, -0.2) is 20.4 Å². The van der Waals surface area contributed by atoms with Crippen LogP contribution in [0.1, 0.15) is 11.1 Å². The first-order chi connectivity index (χ1) is 10.0. The van der Waals surface area contributed by atoms with Crippen molar-refractivity contribution < 1.29 is 14.6 Å². The largest absolute Gasteiger partial charge is 0.508 e. The summed E-state index contributed by atoms with van der Waals surface area (Å²) in [4.78, 5) is 0. The van der Waals surface area contributed by atoms with Gasteiger partial charge in [-0.1, -0.05) is 17.7 Å². The van der Waals surface area contributed by atoms with Crippen LogP contribution in [0.15, 0.2) is 40.8 Å². The van der Waals surface area contributed by atoms with E-state index in [1.54, 1.807) is 6.92 Å². The van der Waals surface area contributed by atoms with Gasteiger partial charge in [0.25, 0.3) is 5.89 Å². The van der Waals surface area contributed by atoms with Crippen LogP contribution in [0.5, 0.6) is 11.5 Å². The molecule has 0 spiro atoms. The molecule has 1 aromatic heterocycles. The Labute approximate surface area is 121 Å². The van der Waals surface area contributed by atoms with E-state index in [2.05, 4.69) is 10.2 Å². The molecule has 2 aromatic carbocycles. The molecule has 0 radical (unpaired) electrons. The first-order valence-corrected chi connectivity index (χ1v) is 6.48. The number of aromatic hydroxyl groups is 2. The van der Waals surface area contributed by atoms with Gasteiger partial charge in [-0.3, -0.25) is 0 Å². The van der Waals surface area contributed by atoms with Crippen molar-refractivity contribution in [1.82, 2.24) is 10.2 Å². The van der Waals surface area contributed by atoms with Gasteiger partial charge in [-0.2, -0.15) is 0 Å². The predicted octanol–water partition coefficient (Wildman–Crippen LogP) is 3.43. The highest BCUT2D eigenvalue weighted by atomic mass is 16.4. The third-order valence-electron chi connectivity index (χ3n) is 3.27. The summed E-state index contributed by atoms with van der Waals surface area (Å²) in [5, 5.41) is 27.6. The van der Waals surface area contributed by atoms with E-state index in [1.165, 1.54) is 12.1 Å². The predicted molar refractivity (Wildman–Crippen MR) is 78.0 cm³/mol. The van der Waals surface area contributed by atoms with E-state index >= 15 is 0 Å². The van der Waals surface area contributed by atoms with E-state index < -0.39 is 0 Å². The Hall–Kier alpha value is -2.82. The number of aryl methyl sites for hydroxylation is 2. The van der Waals surface area contributed by atoms with Crippen molar-refractivity contribution in [2.75, 3.05) is 0 Å². The van der Waals surface area contributed by atoms with Crippen molar-refractivity contribution in [3.63, 3.8) is 0 Å². The second-order valence-electron chi connectivity index (χ2n) is 4.93. The van der Waals surface area contributed by atoms with Gasteiger partial charge >= 0.3 is 0 Å². The number of benzene rings is 2. The Balaban J connectivity index is 2.02. The van der Waals surface area contributed by atoms with Gasteiger partial charge in [-0.05, 0) is 43.7 Å². The lowest BCUT2D eigenvalue weighted by Gasteiger charge is -2.03. The van der Waals surface area contributed by atoms with Crippen LogP contribution in [0.4, 0.5) is 0 Å². The first-order valence-electron chi connectivity index (χ1n) is 6.48. The molecule has 21 heavy (non-hydrogen) atoms. The molecule has 1 heterocycles. The molecule has 2 N–H and O–H groups in total. The summed E-state index contributed by atoms with van der Waals surface area (Å²) >= 11 is 0. The molecule has 0 aliphatic heterocycles. The van der Waals surface area contributed by atoms with Crippen molar-refractivity contribution in [2.24, 2.45) is 0 Å². The summed E-state index contributed by atoms with van der Waals surface area (Å²) in [5.41, 5.74) is 2.83. The van der Waals surface area contributed by atoms with Crippen LogP contribution in [0.25, 0.3) is 22.9 Å². The number of phenolic OH excluding ortho intramolecular Hbond substituents is 2. The lowest BCUT2D eigenvalue weighted by Crippen LogP contribution is -1.82. The SMILES string of the molecule is Cc1ccc(-c2nnc(-c3cc(O)c(C)cc3O)o2)cc1. The van der Waals surface area contributed by atoms with E-state index in [-0.39, 0.29) is 17.4 Å². The van der Waals surface area contributed by atoms with Crippen LogP contribution in [-0.2, 0) is 0 Å². The van der Waals surface area contributed by atoms with Crippen LogP contribution in [0.3, 0.4) is 0 Å². The minimum Gasteiger partial charge on any atom is -0.508 e. The highest BCUT2D eigenvalue weighted by Crippen LogP contribution is 2.34. The van der Waals surface area contributed by atoms with Crippen molar-refractivity contribution in [2.45, 2.75) is 13.8 Å². The Morgan fingerprint density at radius 1 is 0.857 bits per heavy atom. The average Bonchev–Trinajstić information content (AvgIpc) is 2.93. The molecule has 5 heteroatoms. The maximum atomic E-state index is 9.95. The second-order valence-corrected chi connectivity index (χ2v) is 4.93. The number of nitrogens with zero attached hydrogens (tertiary/aromatic N) is 2. The molecule has 0 saturated heterocycles. The molecule has 5 nitrogen and oxygen atoms in total. The fourth-order valence-electron chi connectivity index (χ4n) is 2.00. The van der Waals surface area contributed by atoms with Crippen molar-refractivity contribution in [1.29, 1.82) is 0 Å². The smallest absolute Gasteiger partial charge is 0.252 e. The summed E-state index contributed by atoms with van der Waals surface area (Å²) in [6, 6.07) is 10.6. The van der Waals surface area contributed by atoms with Gasteiger partial charge in [0.1, 0.15) is 11.5 Å². The molecule has 0 aliphatic carbocycles. The van der Waals surface area contributed by atoms with Crippen LogP contribution >= 0.6 is 0 Å². The van der Waals surface area contributed by atoms with Gasteiger partial charge in [0, 0.05) is 5.56 Å². The van der Waals surface area contributed by atoms with Crippen molar-refractivity contribution >= 4 is 0 Å². The molecule has 0 aliphatic rings. The van der Waals surface area contributed by atoms with E-state index in [0.29, 0.717) is 17.0 Å². The summed E-state index contributed by atoms with van der Waals surface area (Å²) in [7, 11) is 0. The lowest BCUT2D eigenvalue weighted by atomic mass is 10.1. The number of rotatable bonds is 2. The van der Waals surface area contributed by atoms with Gasteiger partial charge in [0.2, 0.25) is 5.89 Å². The summed E-state index contributed by atoms with van der Waals surface area (Å²) in [6.45, 7) is 3.69. The highest BCUT2D eigenvalue weighted by Gasteiger charge is 2.15. The maximum absolute atomic E-state index is 9.95. The van der Waals surface area contributed by atoms with Crippen molar-refractivity contribution in [3.8, 4) is 34.4 Å². The van der Waals surface area contributed by atoms with E-state index in [9.17, 15) is 10.2 Å². The van der Waals surface area contributed by atoms with Gasteiger partial charge in [0.15, 0.2) is 0 Å². The van der Waals surface area contributed by atoms with Gasteiger partial charge in [-0.25, -0.2) is 0 Å². The zero-order valence-electron chi connectivity index (χ0n) is 11.7. The van der Waals surface area contributed by atoms with Gasteiger partial charge in [-0.15, -0.1) is 10.2 Å². The molecular weight excluding hydrogens is 268 g/mol. The average molecular weight is 282 g/mol. The zero-order chi connectivity index (χ0) is 15.0. The molecule has 0 amide bonds. The third kappa shape index (κ3) is 2.45. The molecule has 106 valence electrons. The summed E-state index contributed by atoms with van der Waals surface area (Å²) < 4.78 is 5.58. The van der Waals surface area contributed by atoms with Crippen molar-refractivity contribution in [3.05, 3.63) is 47.5 Å². The number of phenols is 2. The lowest BCUT2D eigenvalue weighted by molar-refractivity contribution is 0.455. The van der Waals surface area contributed by atoms with Gasteiger partial charge in [0.05, 0.1) is 5.56 Å². The fraction of sp³-hybridized carbons (Fsp3) is 0.125. The molecule has 0 saturated carbocycles. The molecule has 0 bridgehead atoms. The number of hydrogen-bond acceptors (Lipinski definition) is 5. The number of hydrogen-bond donors (Lipinski definition) is 2. The quantitative estimate of drug-likeness (QED) is 0.704. The minimum atomic E-state index is -0.00981. The van der Waals surface area contributed by atoms with Crippen LogP contribution < -0.4 is 0 Å². The zero-order valence-corrected chi connectivity index (χ0v) is 11.7. The normalized spacial score (nSPS) is 10.8. The fourth-order valence-corrected chi connectivity index (χ4v) is 2.00. The molecule has 3 rings (SSSR count). The van der Waals surface area contributed by atoms with Gasteiger partial charge < -0.3 is 14.6 Å². The molecule has 3 aromatic rings. The van der Waals surface area contributed by atoms with Crippen LogP contribution in [0, 0.1) is 13.8 Å². The maximum Gasteiger partial charge on any atom is 0.252 e. The Bertz CT molecular complexity index is 792. The van der Waals surface area contributed by atoms with E-state index in [0.717, 1.165) is 11.1 Å². The molecular formula is C16H14N2O3. The van der Waals surface area contributed by atoms with E-state index in [4.69, 9.17) is 4.42 Å². The second kappa shape index (κ2) is 4.94. The topological polar surface area (TPSA) is 79.4 Å². The minimum absolute atomic E-state index is 0.00981. The monoisotopic (exact) mass is 282 g/mol. The third-order valence-corrected chi connectivity index (χ3v) is 3.27. The number of aromatic nitrogens is 2. The first kappa shape index (κ1) is 13.2. The summed E-state index contributed by atoms with van der Waals surface area (Å²) in [6.07, 6.45) is 0.